The Kier molecular flexibility index (Phi) is 5.76. The van der Waals surface area contributed by atoms with Crippen molar-refractivity contribution in [2.75, 3.05) is 28.6 Å². The molecule has 1 aliphatic rings. The van der Waals surface area contributed by atoms with Crippen molar-refractivity contribution in [1.82, 2.24) is 9.97 Å². The van der Waals surface area contributed by atoms with E-state index in [9.17, 15) is 4.79 Å². The first-order valence-corrected chi connectivity index (χ1v) is 10.8. The van der Waals surface area contributed by atoms with Crippen molar-refractivity contribution in [2.45, 2.75) is 33.1 Å². The monoisotopic (exact) mass is 407 g/mol. The highest BCUT2D eigenvalue weighted by atomic mass is 32.1. The number of nitrogens with one attached hydrogen (secondary N) is 2. The zero-order valence-corrected chi connectivity index (χ0v) is 17.6. The number of amides is 1. The van der Waals surface area contributed by atoms with Crippen molar-refractivity contribution in [2.24, 2.45) is 0 Å². The fourth-order valence-corrected chi connectivity index (χ4v) is 4.19. The first-order valence-electron chi connectivity index (χ1n) is 9.91. The lowest BCUT2D eigenvalue weighted by atomic mass is 10.1. The van der Waals surface area contributed by atoms with Gasteiger partial charge in [-0.05, 0) is 74.4 Å². The number of aryl methyl sites for hydroxylation is 2. The van der Waals surface area contributed by atoms with E-state index < -0.39 is 0 Å². The van der Waals surface area contributed by atoms with Crippen molar-refractivity contribution >= 4 is 40.4 Å². The van der Waals surface area contributed by atoms with E-state index in [4.69, 9.17) is 4.98 Å². The Morgan fingerprint density at radius 1 is 1.00 bits per heavy atom. The maximum Gasteiger partial charge on any atom is 0.265 e. The van der Waals surface area contributed by atoms with Gasteiger partial charge in [0, 0.05) is 36.2 Å². The Morgan fingerprint density at radius 2 is 1.72 bits per heavy atom. The summed E-state index contributed by atoms with van der Waals surface area (Å²) in [6, 6.07) is 11.5. The van der Waals surface area contributed by atoms with Crippen molar-refractivity contribution in [1.29, 1.82) is 0 Å². The molecule has 2 aromatic heterocycles. The lowest BCUT2D eigenvalue weighted by molar-refractivity contribution is 0.103. The molecule has 1 amide bonds. The molecule has 7 heteroatoms. The number of benzene rings is 1. The van der Waals surface area contributed by atoms with Gasteiger partial charge >= 0.3 is 0 Å². The van der Waals surface area contributed by atoms with Gasteiger partial charge in [-0.15, -0.1) is 11.3 Å². The smallest absolute Gasteiger partial charge is 0.265 e. The number of hydrogen-bond donors (Lipinski definition) is 2. The van der Waals surface area contributed by atoms with Crippen molar-refractivity contribution < 1.29 is 4.79 Å². The topological polar surface area (TPSA) is 70.2 Å². The molecule has 0 unspecified atom stereocenters. The summed E-state index contributed by atoms with van der Waals surface area (Å²) in [5, 5.41) is 8.18. The highest BCUT2D eigenvalue weighted by molar-refractivity contribution is 7.12. The summed E-state index contributed by atoms with van der Waals surface area (Å²) in [6.45, 7) is 6.07. The van der Waals surface area contributed by atoms with Gasteiger partial charge in [0.25, 0.3) is 5.91 Å². The molecule has 1 aromatic carbocycles. The van der Waals surface area contributed by atoms with Gasteiger partial charge in [0.05, 0.1) is 4.88 Å². The van der Waals surface area contributed by atoms with E-state index in [1.54, 1.807) is 0 Å². The molecule has 0 saturated carbocycles. The standard InChI is InChI=1S/C22H25N5OS/c1-15-12-19(29-14-15)21(28)24-17-6-8-18(9-7-17)25-22-23-16(2)13-20(26-22)27-10-4-3-5-11-27/h6-9,12-14H,3-5,10-11H2,1-2H3,(H,24,28)(H,23,25,26). The number of anilines is 4. The summed E-state index contributed by atoms with van der Waals surface area (Å²) >= 11 is 1.45. The maximum absolute atomic E-state index is 12.3. The lowest BCUT2D eigenvalue weighted by Crippen LogP contribution is -2.30. The third kappa shape index (κ3) is 4.92. The van der Waals surface area contributed by atoms with Crippen LogP contribution < -0.4 is 15.5 Å². The minimum absolute atomic E-state index is 0.0861. The van der Waals surface area contributed by atoms with Crippen molar-refractivity contribution in [3.63, 3.8) is 0 Å². The molecular formula is C22H25N5OS. The van der Waals surface area contributed by atoms with Crippen molar-refractivity contribution in [3.8, 4) is 0 Å². The molecule has 0 bridgehead atoms. The summed E-state index contributed by atoms with van der Waals surface area (Å²) in [4.78, 5) is 24.5. The Balaban J connectivity index is 1.43. The van der Waals surface area contributed by atoms with Crippen LogP contribution in [0, 0.1) is 13.8 Å². The first-order chi connectivity index (χ1) is 14.1. The second kappa shape index (κ2) is 8.61. The van der Waals surface area contributed by atoms with E-state index in [1.807, 2.05) is 55.6 Å². The highest BCUT2D eigenvalue weighted by Crippen LogP contribution is 2.23. The molecule has 3 heterocycles. The number of carbonyl (C=O) groups is 1. The first kappa shape index (κ1) is 19.4. The Bertz CT molecular complexity index is 993. The number of carbonyl (C=O) groups excluding carboxylic acids is 1. The van der Waals surface area contributed by atoms with E-state index in [-0.39, 0.29) is 5.91 Å². The van der Waals surface area contributed by atoms with Gasteiger partial charge in [0.2, 0.25) is 5.95 Å². The fraction of sp³-hybridized carbons (Fsp3) is 0.318. The SMILES string of the molecule is Cc1csc(C(=O)Nc2ccc(Nc3nc(C)cc(N4CCCCC4)n3)cc2)c1. The second-order valence-corrected chi connectivity index (χ2v) is 8.29. The van der Waals surface area contributed by atoms with Gasteiger partial charge in [0.15, 0.2) is 0 Å². The second-order valence-electron chi connectivity index (χ2n) is 7.38. The quantitative estimate of drug-likeness (QED) is 0.613. The molecular weight excluding hydrogens is 382 g/mol. The predicted molar refractivity (Wildman–Crippen MR) is 120 cm³/mol. The lowest BCUT2D eigenvalue weighted by Gasteiger charge is -2.28. The van der Waals surface area contributed by atoms with Gasteiger partial charge in [-0.1, -0.05) is 0 Å². The normalized spacial score (nSPS) is 13.9. The number of aromatic nitrogens is 2. The molecule has 4 rings (SSSR count). The maximum atomic E-state index is 12.3. The molecule has 0 aliphatic carbocycles. The Labute approximate surface area is 175 Å². The van der Waals surface area contributed by atoms with Gasteiger partial charge in [-0.2, -0.15) is 4.98 Å². The minimum atomic E-state index is -0.0861. The number of thiophene rings is 1. The third-order valence-electron chi connectivity index (χ3n) is 4.87. The zero-order valence-electron chi connectivity index (χ0n) is 16.7. The summed E-state index contributed by atoms with van der Waals surface area (Å²) in [7, 11) is 0. The molecule has 150 valence electrons. The minimum Gasteiger partial charge on any atom is -0.356 e. The molecule has 0 spiro atoms. The molecule has 29 heavy (non-hydrogen) atoms. The number of nitrogens with zero attached hydrogens (tertiary/aromatic N) is 3. The van der Waals surface area contributed by atoms with Crippen LogP contribution in [0.3, 0.4) is 0 Å². The van der Waals surface area contributed by atoms with Crippen LogP contribution in [0.1, 0.15) is 40.2 Å². The van der Waals surface area contributed by atoms with E-state index in [2.05, 4.69) is 20.5 Å². The molecule has 0 atom stereocenters. The highest BCUT2D eigenvalue weighted by Gasteiger charge is 2.14. The van der Waals surface area contributed by atoms with Gasteiger partial charge in [0.1, 0.15) is 5.82 Å². The fourth-order valence-electron chi connectivity index (χ4n) is 3.40. The predicted octanol–water partition coefficient (Wildman–Crippen LogP) is 5.14. The average molecular weight is 408 g/mol. The van der Waals surface area contributed by atoms with Crippen LogP contribution in [0.4, 0.5) is 23.1 Å². The van der Waals surface area contributed by atoms with Crippen LogP contribution in [0.25, 0.3) is 0 Å². The summed E-state index contributed by atoms with van der Waals surface area (Å²) in [6.07, 6.45) is 3.72. The zero-order chi connectivity index (χ0) is 20.2. The van der Waals surface area contributed by atoms with Crippen LogP contribution in [-0.2, 0) is 0 Å². The molecule has 1 saturated heterocycles. The van der Waals surface area contributed by atoms with Crippen LogP contribution in [0.5, 0.6) is 0 Å². The number of hydrogen-bond acceptors (Lipinski definition) is 6. The third-order valence-corrected chi connectivity index (χ3v) is 5.92. The molecule has 1 aliphatic heterocycles. The van der Waals surface area contributed by atoms with Gasteiger partial charge in [-0.25, -0.2) is 4.98 Å². The molecule has 6 nitrogen and oxygen atoms in total. The van der Waals surface area contributed by atoms with E-state index in [1.165, 1.54) is 30.6 Å². The largest absolute Gasteiger partial charge is 0.356 e. The van der Waals surface area contributed by atoms with Crippen LogP contribution in [0.2, 0.25) is 0 Å². The summed E-state index contributed by atoms with van der Waals surface area (Å²) < 4.78 is 0. The summed E-state index contributed by atoms with van der Waals surface area (Å²) in [5.74, 6) is 1.49. The van der Waals surface area contributed by atoms with E-state index >= 15 is 0 Å². The van der Waals surface area contributed by atoms with E-state index in [0.717, 1.165) is 41.5 Å². The Hall–Kier alpha value is -2.93. The van der Waals surface area contributed by atoms with Gasteiger partial charge in [-0.3, -0.25) is 4.79 Å². The number of rotatable bonds is 5. The molecule has 2 N–H and O–H groups in total. The molecule has 1 fully saturated rings. The molecule has 0 radical (unpaired) electrons. The van der Waals surface area contributed by atoms with Crippen LogP contribution >= 0.6 is 11.3 Å². The van der Waals surface area contributed by atoms with Gasteiger partial charge < -0.3 is 15.5 Å². The van der Waals surface area contributed by atoms with Crippen molar-refractivity contribution in [3.05, 3.63) is 57.9 Å². The van der Waals surface area contributed by atoms with Crippen LogP contribution in [-0.4, -0.2) is 29.0 Å². The summed E-state index contributed by atoms with van der Waals surface area (Å²) in [5.41, 5.74) is 3.68. The average Bonchev–Trinajstić information content (AvgIpc) is 3.16. The number of piperidine rings is 1. The molecule has 3 aromatic rings. The van der Waals surface area contributed by atoms with Crippen LogP contribution in [0.15, 0.2) is 41.8 Å². The van der Waals surface area contributed by atoms with E-state index in [0.29, 0.717) is 10.8 Å². The Morgan fingerprint density at radius 3 is 2.41 bits per heavy atom.